The Morgan fingerprint density at radius 1 is 0.960 bits per heavy atom. The minimum Gasteiger partial charge on any atom is -0.356 e. The molecule has 0 amide bonds. The molecule has 0 radical (unpaired) electrons. The number of hydrogen-bond acceptors (Lipinski definition) is 3. The van der Waals surface area contributed by atoms with Crippen molar-refractivity contribution in [3.63, 3.8) is 0 Å². The van der Waals surface area contributed by atoms with E-state index in [0.717, 1.165) is 32.1 Å². The van der Waals surface area contributed by atoms with Crippen molar-refractivity contribution in [1.29, 1.82) is 0 Å². The molecule has 1 aliphatic heterocycles. The number of piperazine rings is 1. The lowest BCUT2D eigenvalue weighted by Gasteiger charge is -2.37. The van der Waals surface area contributed by atoms with Crippen LogP contribution in [0, 0.1) is 0 Å². The molecule has 0 aromatic rings. The molecule has 6 heteroatoms. The number of halogens is 1. The molecule has 25 heavy (non-hydrogen) atoms. The van der Waals surface area contributed by atoms with Crippen LogP contribution >= 0.6 is 24.0 Å². The summed E-state index contributed by atoms with van der Waals surface area (Å²) >= 11 is 0. The predicted molar refractivity (Wildman–Crippen MR) is 121 cm³/mol. The number of aliphatic imine (C=N–C) groups is 1. The van der Waals surface area contributed by atoms with Crippen LogP contribution in [0.15, 0.2) is 4.99 Å². The van der Waals surface area contributed by atoms with Crippen LogP contribution in [-0.4, -0.2) is 75.7 Å². The number of nitrogens with zero attached hydrogens (tertiary/aromatic N) is 3. The minimum absolute atomic E-state index is 0. The molecule has 1 rings (SSSR count). The molecule has 0 saturated carbocycles. The fourth-order valence-electron chi connectivity index (χ4n) is 3.22. The third-order valence-corrected chi connectivity index (χ3v) is 5.03. The maximum atomic E-state index is 4.35. The normalized spacial score (nSPS) is 19.5. The molecule has 0 aliphatic carbocycles. The summed E-state index contributed by atoms with van der Waals surface area (Å²) in [6, 6.07) is 0.561. The third-order valence-electron chi connectivity index (χ3n) is 5.03. The van der Waals surface area contributed by atoms with Crippen molar-refractivity contribution >= 4 is 29.9 Å². The van der Waals surface area contributed by atoms with Crippen molar-refractivity contribution in [2.24, 2.45) is 4.99 Å². The zero-order valence-corrected chi connectivity index (χ0v) is 19.3. The molecule has 1 aliphatic rings. The first-order valence-electron chi connectivity index (χ1n) is 10.0. The Kier molecular flexibility index (Phi) is 16.1. The van der Waals surface area contributed by atoms with E-state index in [1.165, 1.54) is 57.9 Å². The molecule has 2 N–H and O–H groups in total. The van der Waals surface area contributed by atoms with Gasteiger partial charge in [-0.25, -0.2) is 0 Å². The van der Waals surface area contributed by atoms with E-state index in [-0.39, 0.29) is 24.0 Å². The molecule has 0 spiro atoms. The van der Waals surface area contributed by atoms with Gasteiger partial charge in [-0.05, 0) is 20.5 Å². The second-order valence-electron chi connectivity index (χ2n) is 7.25. The third kappa shape index (κ3) is 12.0. The maximum absolute atomic E-state index is 4.35. The Balaban J connectivity index is 0.00000576. The first-order valence-corrected chi connectivity index (χ1v) is 10.0. The fourth-order valence-corrected chi connectivity index (χ4v) is 3.22. The van der Waals surface area contributed by atoms with Crippen molar-refractivity contribution in [3.05, 3.63) is 0 Å². The van der Waals surface area contributed by atoms with Gasteiger partial charge in [0.25, 0.3) is 0 Å². The van der Waals surface area contributed by atoms with E-state index in [1.54, 1.807) is 0 Å². The summed E-state index contributed by atoms with van der Waals surface area (Å²) in [5.41, 5.74) is 0. The monoisotopic (exact) mass is 467 g/mol. The summed E-state index contributed by atoms with van der Waals surface area (Å²) in [6.07, 6.45) is 10.9. The highest BCUT2D eigenvalue weighted by Crippen LogP contribution is 2.08. The van der Waals surface area contributed by atoms with Gasteiger partial charge in [-0.3, -0.25) is 9.89 Å². The quantitative estimate of drug-likeness (QED) is 0.212. The minimum atomic E-state index is 0. The number of unbranched alkanes of at least 4 members (excludes halogenated alkanes) is 7. The summed E-state index contributed by atoms with van der Waals surface area (Å²) in [6.45, 7) is 7.69. The summed E-state index contributed by atoms with van der Waals surface area (Å²) in [5, 5.41) is 6.94. The second kappa shape index (κ2) is 16.1. The van der Waals surface area contributed by atoms with Crippen LogP contribution in [0.25, 0.3) is 0 Å². The molecule has 150 valence electrons. The summed E-state index contributed by atoms with van der Waals surface area (Å²) < 4.78 is 0. The van der Waals surface area contributed by atoms with Crippen molar-refractivity contribution in [1.82, 2.24) is 20.4 Å². The molecule has 1 unspecified atom stereocenters. The van der Waals surface area contributed by atoms with Crippen LogP contribution in [-0.2, 0) is 0 Å². The van der Waals surface area contributed by atoms with E-state index >= 15 is 0 Å². The van der Waals surface area contributed by atoms with Gasteiger partial charge in [-0.15, -0.1) is 24.0 Å². The Morgan fingerprint density at radius 2 is 1.60 bits per heavy atom. The van der Waals surface area contributed by atoms with E-state index in [4.69, 9.17) is 0 Å². The lowest BCUT2D eigenvalue weighted by Crippen LogP contribution is -2.55. The smallest absolute Gasteiger partial charge is 0.191 e. The molecule has 5 nitrogen and oxygen atoms in total. The van der Waals surface area contributed by atoms with Gasteiger partial charge in [0, 0.05) is 45.8 Å². The zero-order valence-electron chi connectivity index (χ0n) is 17.0. The van der Waals surface area contributed by atoms with Crippen LogP contribution in [0.4, 0.5) is 0 Å². The first kappa shape index (κ1) is 24.9. The standard InChI is InChI=1S/C19H41N5.HI/c1-5-6-7-8-9-10-11-12-13-21-19(20-2)22-16-18-17-23(3)14-15-24(18)4;/h18H,5-17H2,1-4H3,(H2,20,21,22);1H. The van der Waals surface area contributed by atoms with Crippen molar-refractivity contribution in [2.75, 3.05) is 53.9 Å². The second-order valence-corrected chi connectivity index (χ2v) is 7.25. The van der Waals surface area contributed by atoms with Crippen LogP contribution in [0.3, 0.4) is 0 Å². The summed E-state index contributed by atoms with van der Waals surface area (Å²) in [4.78, 5) is 9.20. The SMILES string of the molecule is CCCCCCCCCCNC(=NC)NCC1CN(C)CCN1C.I. The molecular formula is C19H42IN5. The van der Waals surface area contributed by atoms with Crippen molar-refractivity contribution < 1.29 is 0 Å². The highest BCUT2D eigenvalue weighted by molar-refractivity contribution is 14.0. The van der Waals surface area contributed by atoms with Gasteiger partial charge in [0.1, 0.15) is 0 Å². The Bertz CT molecular complexity index is 338. The number of nitrogens with one attached hydrogen (secondary N) is 2. The van der Waals surface area contributed by atoms with Gasteiger partial charge in [0.05, 0.1) is 0 Å². The molecule has 0 bridgehead atoms. The highest BCUT2D eigenvalue weighted by Gasteiger charge is 2.21. The first-order chi connectivity index (χ1) is 11.7. The Morgan fingerprint density at radius 3 is 2.24 bits per heavy atom. The van der Waals surface area contributed by atoms with Crippen molar-refractivity contribution in [3.8, 4) is 0 Å². The van der Waals surface area contributed by atoms with Crippen LogP contribution < -0.4 is 10.6 Å². The fraction of sp³-hybridized carbons (Fsp3) is 0.947. The molecule has 1 heterocycles. The maximum Gasteiger partial charge on any atom is 0.191 e. The lowest BCUT2D eigenvalue weighted by atomic mass is 10.1. The van der Waals surface area contributed by atoms with Gasteiger partial charge in [-0.2, -0.15) is 0 Å². The molecule has 1 saturated heterocycles. The van der Waals surface area contributed by atoms with Gasteiger partial charge in [0.2, 0.25) is 0 Å². The van der Waals surface area contributed by atoms with E-state index in [1.807, 2.05) is 7.05 Å². The van der Waals surface area contributed by atoms with Crippen molar-refractivity contribution in [2.45, 2.75) is 64.3 Å². The van der Waals surface area contributed by atoms with Crippen LogP contribution in [0.1, 0.15) is 58.3 Å². The predicted octanol–water partition coefficient (Wildman–Crippen LogP) is 3.16. The molecule has 0 aromatic carbocycles. The number of hydrogen-bond donors (Lipinski definition) is 2. The van der Waals surface area contributed by atoms with E-state index in [9.17, 15) is 0 Å². The summed E-state index contributed by atoms with van der Waals surface area (Å²) in [5.74, 6) is 0.944. The van der Waals surface area contributed by atoms with E-state index < -0.39 is 0 Å². The van der Waals surface area contributed by atoms with Gasteiger partial charge in [0.15, 0.2) is 5.96 Å². The largest absolute Gasteiger partial charge is 0.356 e. The van der Waals surface area contributed by atoms with Gasteiger partial charge in [-0.1, -0.05) is 51.9 Å². The average molecular weight is 467 g/mol. The van der Waals surface area contributed by atoms with Crippen LogP contribution in [0.5, 0.6) is 0 Å². The molecule has 1 atom stereocenters. The number of guanidine groups is 1. The number of likely N-dealkylation sites (N-methyl/N-ethyl adjacent to an activating group) is 2. The average Bonchev–Trinajstić information content (AvgIpc) is 2.58. The molecule has 0 aromatic heterocycles. The van der Waals surface area contributed by atoms with E-state index in [0.29, 0.717) is 6.04 Å². The molecule has 1 fully saturated rings. The Hall–Kier alpha value is -0.0800. The number of rotatable bonds is 11. The van der Waals surface area contributed by atoms with Gasteiger partial charge >= 0.3 is 0 Å². The summed E-state index contributed by atoms with van der Waals surface area (Å²) in [7, 11) is 6.28. The topological polar surface area (TPSA) is 42.9 Å². The van der Waals surface area contributed by atoms with E-state index in [2.05, 4.69) is 46.4 Å². The lowest BCUT2D eigenvalue weighted by molar-refractivity contribution is 0.116. The van der Waals surface area contributed by atoms with Gasteiger partial charge < -0.3 is 15.5 Å². The zero-order chi connectivity index (χ0) is 17.6. The molecular weight excluding hydrogens is 425 g/mol. The Labute approximate surface area is 173 Å². The van der Waals surface area contributed by atoms with Crippen LogP contribution in [0.2, 0.25) is 0 Å². The highest BCUT2D eigenvalue weighted by atomic mass is 127.